The predicted molar refractivity (Wildman–Crippen MR) is 70.7 cm³/mol. The van der Waals surface area contributed by atoms with Crippen molar-refractivity contribution in [1.82, 2.24) is 14.3 Å². The Morgan fingerprint density at radius 1 is 1.29 bits per heavy atom. The average Bonchev–Trinajstić information content (AvgIpc) is 2.86. The topological polar surface area (TPSA) is 32.3 Å². The maximum atomic E-state index is 4.62. The number of aryl methyl sites for hydroxylation is 1. The monoisotopic (exact) mass is 252 g/mol. The second-order valence-electron chi connectivity index (χ2n) is 5.13. The lowest BCUT2D eigenvalue weighted by Crippen LogP contribution is -2.36. The maximum absolute atomic E-state index is 4.62. The standard InChI is InChI=1S/C12H20N4S/c1-3-11-13-12(17-14-11)16-7-6-9-4-5-10(8-16)15(9)2/h9-10H,3-8H2,1-2H3. The van der Waals surface area contributed by atoms with Crippen molar-refractivity contribution < 1.29 is 0 Å². The van der Waals surface area contributed by atoms with E-state index < -0.39 is 0 Å². The Hall–Kier alpha value is -0.680. The number of anilines is 1. The fourth-order valence-electron chi connectivity index (χ4n) is 3.00. The first kappa shape index (κ1) is 11.4. The van der Waals surface area contributed by atoms with Crippen LogP contribution in [0.25, 0.3) is 0 Å². The van der Waals surface area contributed by atoms with E-state index >= 15 is 0 Å². The van der Waals surface area contributed by atoms with E-state index in [0.717, 1.165) is 42.5 Å². The Balaban J connectivity index is 1.76. The third-order valence-corrected chi connectivity index (χ3v) is 5.01. The van der Waals surface area contributed by atoms with E-state index in [4.69, 9.17) is 0 Å². The van der Waals surface area contributed by atoms with Crippen LogP contribution in [0.3, 0.4) is 0 Å². The van der Waals surface area contributed by atoms with Gasteiger partial charge in [-0.15, -0.1) is 0 Å². The number of hydrogen-bond donors (Lipinski definition) is 0. The van der Waals surface area contributed by atoms with E-state index in [-0.39, 0.29) is 0 Å². The molecule has 0 spiro atoms. The van der Waals surface area contributed by atoms with Gasteiger partial charge in [0.1, 0.15) is 5.82 Å². The molecule has 2 fully saturated rings. The van der Waals surface area contributed by atoms with Crippen LogP contribution in [-0.2, 0) is 6.42 Å². The van der Waals surface area contributed by atoms with Gasteiger partial charge in [-0.1, -0.05) is 6.92 Å². The minimum Gasteiger partial charge on any atom is -0.345 e. The Labute approximate surface area is 107 Å². The number of likely N-dealkylation sites (N-methyl/N-ethyl adjacent to an activating group) is 1. The summed E-state index contributed by atoms with van der Waals surface area (Å²) < 4.78 is 4.40. The van der Waals surface area contributed by atoms with Crippen molar-refractivity contribution in [3.63, 3.8) is 0 Å². The number of hydrogen-bond acceptors (Lipinski definition) is 5. The summed E-state index contributed by atoms with van der Waals surface area (Å²) in [5, 5.41) is 1.13. The second-order valence-corrected chi connectivity index (χ2v) is 5.86. The molecule has 2 aliphatic heterocycles. The molecule has 2 unspecified atom stereocenters. The molecule has 0 aliphatic carbocycles. The Morgan fingerprint density at radius 3 is 2.88 bits per heavy atom. The smallest absolute Gasteiger partial charge is 0.205 e. The minimum atomic E-state index is 0.719. The van der Waals surface area contributed by atoms with Gasteiger partial charge in [0.15, 0.2) is 0 Å². The molecular formula is C12H20N4S. The van der Waals surface area contributed by atoms with Gasteiger partial charge in [0.2, 0.25) is 5.13 Å². The molecule has 94 valence electrons. The fourth-order valence-corrected chi connectivity index (χ4v) is 3.78. The van der Waals surface area contributed by atoms with E-state index in [1.165, 1.54) is 19.3 Å². The highest BCUT2D eigenvalue weighted by molar-refractivity contribution is 7.09. The van der Waals surface area contributed by atoms with Crippen molar-refractivity contribution in [2.24, 2.45) is 0 Å². The van der Waals surface area contributed by atoms with Crippen LogP contribution < -0.4 is 4.90 Å². The lowest BCUT2D eigenvalue weighted by atomic mass is 10.1. The van der Waals surface area contributed by atoms with Gasteiger partial charge in [-0.05, 0) is 26.3 Å². The van der Waals surface area contributed by atoms with E-state index in [0.29, 0.717) is 0 Å². The molecule has 3 heterocycles. The molecular weight excluding hydrogens is 232 g/mol. The van der Waals surface area contributed by atoms with Crippen LogP contribution in [0.15, 0.2) is 0 Å². The van der Waals surface area contributed by atoms with Crippen LogP contribution in [-0.4, -0.2) is 46.5 Å². The molecule has 17 heavy (non-hydrogen) atoms. The first-order valence-corrected chi connectivity index (χ1v) is 7.34. The van der Waals surface area contributed by atoms with Crippen molar-refractivity contribution in [2.45, 2.75) is 44.7 Å². The zero-order valence-electron chi connectivity index (χ0n) is 10.6. The van der Waals surface area contributed by atoms with Crippen LogP contribution >= 0.6 is 11.5 Å². The summed E-state index contributed by atoms with van der Waals surface area (Å²) in [7, 11) is 2.28. The molecule has 3 rings (SSSR count). The van der Waals surface area contributed by atoms with Gasteiger partial charge in [-0.25, -0.2) is 4.98 Å². The van der Waals surface area contributed by atoms with Gasteiger partial charge >= 0.3 is 0 Å². The van der Waals surface area contributed by atoms with Gasteiger partial charge in [0, 0.05) is 43.1 Å². The second kappa shape index (κ2) is 4.53. The van der Waals surface area contributed by atoms with Gasteiger partial charge in [-0.2, -0.15) is 4.37 Å². The van der Waals surface area contributed by atoms with Gasteiger partial charge < -0.3 is 4.90 Å². The van der Waals surface area contributed by atoms with Crippen molar-refractivity contribution >= 4 is 16.7 Å². The van der Waals surface area contributed by atoms with E-state index in [1.54, 1.807) is 11.5 Å². The summed E-state index contributed by atoms with van der Waals surface area (Å²) >= 11 is 1.56. The SMILES string of the molecule is CCc1nsc(N2CCC3CCC(C2)N3C)n1. The van der Waals surface area contributed by atoms with Gasteiger partial charge in [-0.3, -0.25) is 4.90 Å². The zero-order chi connectivity index (χ0) is 11.8. The van der Waals surface area contributed by atoms with Crippen LogP contribution in [0.5, 0.6) is 0 Å². The largest absolute Gasteiger partial charge is 0.345 e. The molecule has 2 aliphatic rings. The summed E-state index contributed by atoms with van der Waals surface area (Å²) in [6, 6.07) is 1.51. The summed E-state index contributed by atoms with van der Waals surface area (Å²) in [4.78, 5) is 9.63. The normalized spacial score (nSPS) is 29.6. The molecule has 0 N–H and O–H groups in total. The molecule has 0 aromatic carbocycles. The number of rotatable bonds is 2. The molecule has 1 aromatic heterocycles. The highest BCUT2D eigenvalue weighted by atomic mass is 32.1. The lowest BCUT2D eigenvalue weighted by Gasteiger charge is -2.24. The van der Waals surface area contributed by atoms with Crippen molar-refractivity contribution in [2.75, 3.05) is 25.0 Å². The molecule has 4 nitrogen and oxygen atoms in total. The van der Waals surface area contributed by atoms with Crippen molar-refractivity contribution in [1.29, 1.82) is 0 Å². The summed E-state index contributed by atoms with van der Waals surface area (Å²) in [5.41, 5.74) is 0. The molecule has 2 atom stereocenters. The first-order valence-electron chi connectivity index (χ1n) is 6.57. The van der Waals surface area contributed by atoms with E-state index in [1.807, 2.05) is 0 Å². The van der Waals surface area contributed by atoms with E-state index in [2.05, 4.69) is 33.1 Å². The quantitative estimate of drug-likeness (QED) is 0.803. The van der Waals surface area contributed by atoms with Crippen LogP contribution in [0, 0.1) is 0 Å². The molecule has 0 saturated carbocycles. The van der Waals surface area contributed by atoms with E-state index in [9.17, 15) is 0 Å². The Morgan fingerprint density at radius 2 is 2.12 bits per heavy atom. The third kappa shape index (κ3) is 2.06. The summed E-state index contributed by atoms with van der Waals surface area (Å²) in [6.07, 6.45) is 4.94. The Bertz CT molecular complexity index is 392. The number of fused-ring (bicyclic) bond motifs is 2. The fraction of sp³-hybridized carbons (Fsp3) is 0.833. The van der Waals surface area contributed by atoms with Crippen LogP contribution in [0.2, 0.25) is 0 Å². The lowest BCUT2D eigenvalue weighted by molar-refractivity contribution is 0.254. The summed E-state index contributed by atoms with van der Waals surface area (Å²) in [6.45, 7) is 4.39. The summed E-state index contributed by atoms with van der Waals surface area (Å²) in [5.74, 6) is 0.993. The molecule has 0 radical (unpaired) electrons. The third-order valence-electron chi connectivity index (χ3n) is 4.19. The Kier molecular flexibility index (Phi) is 3.04. The number of nitrogens with zero attached hydrogens (tertiary/aromatic N) is 4. The molecule has 2 saturated heterocycles. The predicted octanol–water partition coefficient (Wildman–Crippen LogP) is 1.77. The van der Waals surface area contributed by atoms with Crippen molar-refractivity contribution in [3.8, 4) is 0 Å². The van der Waals surface area contributed by atoms with Gasteiger partial charge in [0.25, 0.3) is 0 Å². The zero-order valence-corrected chi connectivity index (χ0v) is 11.4. The molecule has 5 heteroatoms. The minimum absolute atomic E-state index is 0.719. The number of aromatic nitrogens is 2. The average molecular weight is 252 g/mol. The van der Waals surface area contributed by atoms with Crippen LogP contribution in [0.4, 0.5) is 5.13 Å². The van der Waals surface area contributed by atoms with Gasteiger partial charge in [0.05, 0.1) is 0 Å². The first-order chi connectivity index (χ1) is 8.28. The highest BCUT2D eigenvalue weighted by Crippen LogP contribution is 2.31. The molecule has 0 amide bonds. The molecule has 2 bridgehead atoms. The van der Waals surface area contributed by atoms with Crippen LogP contribution in [0.1, 0.15) is 32.0 Å². The maximum Gasteiger partial charge on any atom is 0.205 e. The highest BCUT2D eigenvalue weighted by Gasteiger charge is 2.35. The molecule has 1 aromatic rings. The van der Waals surface area contributed by atoms with Crippen molar-refractivity contribution in [3.05, 3.63) is 5.82 Å².